The molecule has 5 nitrogen and oxygen atoms in total. The van der Waals surface area contributed by atoms with Crippen LogP contribution < -0.4 is 0 Å². The van der Waals surface area contributed by atoms with Gasteiger partial charge in [0.05, 0.1) is 18.5 Å². The molecule has 0 unspecified atom stereocenters. The Morgan fingerprint density at radius 3 is 3.00 bits per heavy atom. The van der Waals surface area contributed by atoms with Crippen molar-refractivity contribution >= 4 is 11.6 Å². The standard InChI is InChI=1S/C16H14ClN3O2/c17-15-4-3-12(22-15)10-20-6-5-13-11(9-20)8-18-16(19-13)14-2-1-7-21-14/h1-4,7-8H,5-6,9-10H2. The van der Waals surface area contributed by atoms with Gasteiger partial charge >= 0.3 is 0 Å². The van der Waals surface area contributed by atoms with Gasteiger partial charge in [-0.1, -0.05) is 0 Å². The number of rotatable bonds is 3. The van der Waals surface area contributed by atoms with Crippen LogP contribution >= 0.6 is 11.6 Å². The van der Waals surface area contributed by atoms with E-state index in [4.69, 9.17) is 20.4 Å². The Morgan fingerprint density at radius 1 is 1.27 bits per heavy atom. The second-order valence-electron chi connectivity index (χ2n) is 5.31. The van der Waals surface area contributed by atoms with Gasteiger partial charge in [-0.05, 0) is 35.9 Å². The van der Waals surface area contributed by atoms with Gasteiger partial charge in [0, 0.05) is 31.3 Å². The molecule has 3 aromatic rings. The number of hydrogen-bond acceptors (Lipinski definition) is 5. The first-order chi connectivity index (χ1) is 10.8. The number of fused-ring (bicyclic) bond motifs is 1. The normalized spacial score (nSPS) is 15.0. The van der Waals surface area contributed by atoms with Gasteiger partial charge < -0.3 is 8.83 Å². The third kappa shape index (κ3) is 2.65. The highest BCUT2D eigenvalue weighted by atomic mass is 35.5. The molecule has 4 heterocycles. The van der Waals surface area contributed by atoms with Crippen molar-refractivity contribution in [3.63, 3.8) is 0 Å². The molecule has 0 atom stereocenters. The van der Waals surface area contributed by atoms with Crippen LogP contribution in [-0.4, -0.2) is 21.4 Å². The lowest BCUT2D eigenvalue weighted by Gasteiger charge is -2.27. The molecule has 0 amide bonds. The average molecular weight is 316 g/mol. The van der Waals surface area contributed by atoms with Gasteiger partial charge in [-0.15, -0.1) is 0 Å². The molecule has 0 fully saturated rings. The topological polar surface area (TPSA) is 55.3 Å². The molecular weight excluding hydrogens is 302 g/mol. The molecule has 3 aromatic heterocycles. The van der Waals surface area contributed by atoms with E-state index in [0.29, 0.717) is 16.8 Å². The van der Waals surface area contributed by atoms with Crippen molar-refractivity contribution in [1.29, 1.82) is 0 Å². The quantitative estimate of drug-likeness (QED) is 0.740. The largest absolute Gasteiger partial charge is 0.461 e. The van der Waals surface area contributed by atoms with Gasteiger partial charge in [-0.3, -0.25) is 4.90 Å². The molecule has 0 radical (unpaired) electrons. The van der Waals surface area contributed by atoms with E-state index in [1.165, 1.54) is 0 Å². The molecule has 0 N–H and O–H groups in total. The van der Waals surface area contributed by atoms with E-state index in [0.717, 1.165) is 43.1 Å². The molecular formula is C16H14ClN3O2. The van der Waals surface area contributed by atoms with Crippen LogP contribution in [0.15, 0.2) is 45.6 Å². The van der Waals surface area contributed by atoms with Crippen molar-refractivity contribution in [3.05, 3.63) is 59.0 Å². The lowest BCUT2D eigenvalue weighted by molar-refractivity contribution is 0.223. The minimum absolute atomic E-state index is 0.429. The first-order valence-electron chi connectivity index (χ1n) is 7.13. The molecule has 22 heavy (non-hydrogen) atoms. The maximum atomic E-state index is 5.81. The van der Waals surface area contributed by atoms with E-state index in [1.54, 1.807) is 12.3 Å². The maximum Gasteiger partial charge on any atom is 0.195 e. The molecule has 1 aliphatic heterocycles. The van der Waals surface area contributed by atoms with Crippen molar-refractivity contribution in [2.45, 2.75) is 19.5 Å². The third-order valence-corrected chi connectivity index (χ3v) is 3.97. The van der Waals surface area contributed by atoms with Crippen molar-refractivity contribution in [2.75, 3.05) is 6.54 Å². The summed E-state index contributed by atoms with van der Waals surface area (Å²) < 4.78 is 10.8. The predicted octanol–water partition coefficient (Wildman–Crippen LogP) is 3.54. The molecule has 0 saturated carbocycles. The van der Waals surface area contributed by atoms with E-state index < -0.39 is 0 Å². The van der Waals surface area contributed by atoms with Crippen molar-refractivity contribution < 1.29 is 8.83 Å². The summed E-state index contributed by atoms with van der Waals surface area (Å²) in [5.74, 6) is 2.23. The number of aromatic nitrogens is 2. The average Bonchev–Trinajstić information content (AvgIpc) is 3.19. The van der Waals surface area contributed by atoms with Crippen LogP contribution in [0.3, 0.4) is 0 Å². The third-order valence-electron chi connectivity index (χ3n) is 3.76. The van der Waals surface area contributed by atoms with Gasteiger partial charge in [0.25, 0.3) is 0 Å². The van der Waals surface area contributed by atoms with Crippen LogP contribution in [0, 0.1) is 0 Å². The van der Waals surface area contributed by atoms with Crippen LogP contribution in [0.1, 0.15) is 17.0 Å². The fourth-order valence-corrected chi connectivity index (χ4v) is 2.85. The molecule has 4 rings (SSSR count). The first kappa shape index (κ1) is 13.5. The Morgan fingerprint density at radius 2 is 2.23 bits per heavy atom. The van der Waals surface area contributed by atoms with Gasteiger partial charge in [0.1, 0.15) is 5.76 Å². The molecule has 0 bridgehead atoms. The molecule has 0 saturated heterocycles. The van der Waals surface area contributed by atoms with Crippen molar-refractivity contribution in [1.82, 2.24) is 14.9 Å². The Balaban J connectivity index is 1.52. The van der Waals surface area contributed by atoms with Crippen molar-refractivity contribution in [3.8, 4) is 11.6 Å². The van der Waals surface area contributed by atoms with E-state index >= 15 is 0 Å². The Kier molecular flexibility index (Phi) is 3.44. The lowest BCUT2D eigenvalue weighted by atomic mass is 10.1. The monoisotopic (exact) mass is 315 g/mol. The predicted molar refractivity (Wildman–Crippen MR) is 81.3 cm³/mol. The van der Waals surface area contributed by atoms with E-state index in [9.17, 15) is 0 Å². The summed E-state index contributed by atoms with van der Waals surface area (Å²) in [6.07, 6.45) is 4.41. The van der Waals surface area contributed by atoms with Crippen LogP contribution in [0.25, 0.3) is 11.6 Å². The van der Waals surface area contributed by atoms with Gasteiger partial charge in [0.15, 0.2) is 16.8 Å². The van der Waals surface area contributed by atoms with Crippen LogP contribution in [0.5, 0.6) is 0 Å². The molecule has 112 valence electrons. The molecule has 0 aromatic carbocycles. The Bertz CT molecular complexity index is 783. The van der Waals surface area contributed by atoms with Crippen molar-refractivity contribution in [2.24, 2.45) is 0 Å². The summed E-state index contributed by atoms with van der Waals surface area (Å²) >= 11 is 5.81. The number of hydrogen-bond donors (Lipinski definition) is 0. The summed E-state index contributed by atoms with van der Waals surface area (Å²) in [5.41, 5.74) is 2.24. The summed E-state index contributed by atoms with van der Waals surface area (Å²) in [7, 11) is 0. The van der Waals surface area contributed by atoms with Gasteiger partial charge in [0.2, 0.25) is 0 Å². The number of furan rings is 2. The number of nitrogens with zero attached hydrogens (tertiary/aromatic N) is 3. The fourth-order valence-electron chi connectivity index (χ4n) is 2.69. The minimum Gasteiger partial charge on any atom is -0.461 e. The lowest BCUT2D eigenvalue weighted by Crippen LogP contribution is -2.30. The second-order valence-corrected chi connectivity index (χ2v) is 5.68. The van der Waals surface area contributed by atoms with E-state index in [1.807, 2.05) is 24.4 Å². The second kappa shape index (κ2) is 5.59. The van der Waals surface area contributed by atoms with Crippen LogP contribution in [-0.2, 0) is 19.5 Å². The smallest absolute Gasteiger partial charge is 0.195 e. The first-order valence-corrected chi connectivity index (χ1v) is 7.51. The summed E-state index contributed by atoms with van der Waals surface area (Å²) in [6, 6.07) is 7.40. The van der Waals surface area contributed by atoms with Crippen LogP contribution in [0.4, 0.5) is 0 Å². The maximum absolute atomic E-state index is 5.81. The number of halogens is 1. The van der Waals surface area contributed by atoms with Gasteiger partial charge in [-0.2, -0.15) is 0 Å². The molecule has 0 spiro atoms. The SMILES string of the molecule is Clc1ccc(CN2CCc3nc(-c4ccco4)ncc3C2)o1. The highest BCUT2D eigenvalue weighted by Crippen LogP contribution is 2.23. The molecule has 0 aliphatic carbocycles. The zero-order valence-corrected chi connectivity index (χ0v) is 12.6. The Hall–Kier alpha value is -2.11. The minimum atomic E-state index is 0.429. The summed E-state index contributed by atoms with van der Waals surface area (Å²) in [4.78, 5) is 11.3. The van der Waals surface area contributed by atoms with E-state index in [2.05, 4.69) is 14.9 Å². The molecule has 1 aliphatic rings. The zero-order chi connectivity index (χ0) is 14.9. The molecule has 6 heteroatoms. The van der Waals surface area contributed by atoms with Crippen LogP contribution in [0.2, 0.25) is 5.22 Å². The Labute approximate surface area is 132 Å². The fraction of sp³-hybridized carbons (Fsp3) is 0.250. The van der Waals surface area contributed by atoms with Gasteiger partial charge in [-0.25, -0.2) is 9.97 Å². The summed E-state index contributed by atoms with van der Waals surface area (Å²) in [6.45, 7) is 2.48. The zero-order valence-electron chi connectivity index (χ0n) is 11.8. The van der Waals surface area contributed by atoms with E-state index in [-0.39, 0.29) is 0 Å². The highest BCUT2D eigenvalue weighted by molar-refractivity contribution is 6.28. The summed E-state index contributed by atoms with van der Waals surface area (Å²) in [5, 5.41) is 0.429. The highest BCUT2D eigenvalue weighted by Gasteiger charge is 2.20.